The molecule has 6 aromatic heterocycles. The highest BCUT2D eigenvalue weighted by atomic mass is 79.9. The summed E-state index contributed by atoms with van der Waals surface area (Å²) < 4.78 is 77.3. The highest BCUT2D eigenvalue weighted by molar-refractivity contribution is 9.10. The van der Waals surface area contributed by atoms with Crippen LogP contribution in [0.25, 0.3) is 44.6 Å². The highest BCUT2D eigenvalue weighted by Crippen LogP contribution is 2.42. The van der Waals surface area contributed by atoms with Gasteiger partial charge in [0.15, 0.2) is 11.6 Å². The molecule has 14 nitrogen and oxygen atoms in total. The smallest absolute Gasteiger partial charge is 0.152 e. The van der Waals surface area contributed by atoms with Crippen LogP contribution in [0.1, 0.15) is 38.8 Å². The first-order valence-corrected chi connectivity index (χ1v) is 25.5. The maximum absolute atomic E-state index is 15.5. The molecule has 0 bridgehead atoms. The number of pyridine rings is 6. The van der Waals surface area contributed by atoms with Gasteiger partial charge in [0.2, 0.25) is 0 Å². The number of anilines is 7. The first kappa shape index (κ1) is 51.4. The van der Waals surface area contributed by atoms with Gasteiger partial charge in [-0.05, 0) is 93.9 Å². The largest absolute Gasteiger partial charge is 0.378 e. The second kappa shape index (κ2) is 21.3. The van der Waals surface area contributed by atoms with Crippen molar-refractivity contribution in [3.05, 3.63) is 136 Å². The Balaban J connectivity index is 0.000000173. The number of nitrogens with one attached hydrogen (secondary N) is 2. The molecule has 3 aliphatic rings. The zero-order valence-electron chi connectivity index (χ0n) is 42.4. The van der Waals surface area contributed by atoms with Gasteiger partial charge >= 0.3 is 0 Å². The number of halogens is 5. The predicted octanol–water partition coefficient (Wildman–Crippen LogP) is 11.9. The molecule has 2 N–H and O–H groups in total. The molecule has 3 saturated heterocycles. The Hall–Kier alpha value is -7.06. The van der Waals surface area contributed by atoms with E-state index < -0.39 is 23.3 Å². The summed E-state index contributed by atoms with van der Waals surface area (Å²) in [5.41, 5.74) is 6.75. The van der Waals surface area contributed by atoms with Gasteiger partial charge in [-0.25, -0.2) is 37.5 Å². The van der Waals surface area contributed by atoms with E-state index in [4.69, 9.17) is 19.2 Å². The van der Waals surface area contributed by atoms with Crippen molar-refractivity contribution in [3.63, 3.8) is 0 Å². The average Bonchev–Trinajstić information content (AvgIpc) is 3.38. The Bertz CT molecular complexity index is 3410. The second-order valence-corrected chi connectivity index (χ2v) is 20.8. The summed E-state index contributed by atoms with van der Waals surface area (Å²) in [5.74, 6) is -1.30. The van der Waals surface area contributed by atoms with Crippen LogP contribution < -0.4 is 25.3 Å². The molecule has 0 amide bonds. The fraction of sp³-hybridized carbons (Fsp3) is 0.321. The lowest BCUT2D eigenvalue weighted by molar-refractivity contribution is -0.0281. The van der Waals surface area contributed by atoms with E-state index in [1.54, 1.807) is 18.6 Å². The Morgan fingerprint density at radius 3 is 1.49 bits per heavy atom. The van der Waals surface area contributed by atoms with Crippen LogP contribution in [0.3, 0.4) is 0 Å². The van der Waals surface area contributed by atoms with Gasteiger partial charge in [0.25, 0.3) is 0 Å². The molecule has 388 valence electrons. The number of morpholine rings is 3. The van der Waals surface area contributed by atoms with E-state index in [0.29, 0.717) is 109 Å². The van der Waals surface area contributed by atoms with Crippen molar-refractivity contribution < 1.29 is 31.8 Å². The minimum Gasteiger partial charge on any atom is -0.378 e. The van der Waals surface area contributed by atoms with Crippen molar-refractivity contribution >= 4 is 77.8 Å². The van der Waals surface area contributed by atoms with Crippen molar-refractivity contribution in [2.75, 3.05) is 91.0 Å². The summed E-state index contributed by atoms with van der Waals surface area (Å²) >= 11 is 3.51. The van der Waals surface area contributed by atoms with Crippen LogP contribution in [0.4, 0.5) is 57.6 Å². The lowest BCUT2D eigenvalue weighted by atomic mass is 10.0. The van der Waals surface area contributed by atoms with Crippen molar-refractivity contribution in [3.8, 4) is 22.8 Å². The highest BCUT2D eigenvalue weighted by Gasteiger charge is 2.32. The molecule has 0 saturated carbocycles. The van der Waals surface area contributed by atoms with Crippen LogP contribution in [0.5, 0.6) is 0 Å². The number of hydrogen-bond acceptors (Lipinski definition) is 14. The molecule has 0 radical (unpaired) electrons. The van der Waals surface area contributed by atoms with E-state index >= 15 is 8.78 Å². The molecule has 11 rings (SSSR count). The molecule has 0 spiro atoms. The van der Waals surface area contributed by atoms with E-state index in [0.717, 1.165) is 47.0 Å². The Labute approximate surface area is 440 Å². The molecule has 9 heterocycles. The third-order valence-corrected chi connectivity index (χ3v) is 13.8. The predicted molar refractivity (Wildman–Crippen MR) is 290 cm³/mol. The first-order chi connectivity index (χ1) is 36.0. The molecule has 2 aromatic carbocycles. The summed E-state index contributed by atoms with van der Waals surface area (Å²) in [4.78, 5) is 34.2. The van der Waals surface area contributed by atoms with Gasteiger partial charge in [0.05, 0.1) is 117 Å². The van der Waals surface area contributed by atoms with Crippen LogP contribution >= 0.6 is 15.9 Å². The SMILES string of the molecule is Cc1c(-c2ccccn2)nc2cc(F)cc(F)c2c1Nc1cc(Br)cnc1N1CCOC(C)(C)C1.Cc1c(-c2ccccn2)nc2cc(F)cc(F)c2c1Nc1cc(N2CCOCC2)cnc1N1CCOC(C)(C)C1. The minimum absolute atomic E-state index is 0.202. The van der Waals surface area contributed by atoms with Gasteiger partial charge in [-0.15, -0.1) is 0 Å². The van der Waals surface area contributed by atoms with E-state index in [1.165, 1.54) is 12.1 Å². The van der Waals surface area contributed by atoms with Crippen LogP contribution in [0.15, 0.2) is 102 Å². The molecule has 3 aliphatic heterocycles. The molecule has 8 aromatic rings. The third kappa shape index (κ3) is 11.2. The van der Waals surface area contributed by atoms with E-state index in [9.17, 15) is 8.78 Å². The standard InChI is InChI=1S/C30H32F2N6O2.C26H24BrF2N5O/c1-19-27(23-6-4-5-7-33-23)35-24-15-20(31)14-22(32)26(24)28(19)36-25-16-21(37-8-11-39-12-9-37)17-34-29(25)38-10-13-40-30(2,3)18-38;1-15-23(19-6-4-5-7-30-19)32-20-12-17(28)11-18(29)22(20)24(15)33-21-10-16(27)13-31-25(21)34-8-9-35-26(2,3)14-34/h4-7,14-17H,8-13,18H2,1-3H3,(H,35,36);4-7,10-13H,8-9,14H2,1-3H3,(H,32,33). The Morgan fingerprint density at radius 1 is 0.560 bits per heavy atom. The van der Waals surface area contributed by atoms with Crippen molar-refractivity contribution in [1.29, 1.82) is 0 Å². The second-order valence-electron chi connectivity index (χ2n) is 19.9. The molecule has 0 unspecified atom stereocenters. The van der Waals surface area contributed by atoms with Crippen LogP contribution in [-0.2, 0) is 14.2 Å². The summed E-state index contributed by atoms with van der Waals surface area (Å²) in [6.07, 6.45) is 6.95. The summed E-state index contributed by atoms with van der Waals surface area (Å²) in [5, 5.41) is 7.36. The molecule has 0 aliphatic carbocycles. The van der Waals surface area contributed by atoms with Gasteiger partial charge in [-0.3, -0.25) is 9.97 Å². The topological polar surface area (TPSA) is 139 Å². The summed E-state index contributed by atoms with van der Waals surface area (Å²) in [6, 6.07) is 19.2. The fourth-order valence-electron chi connectivity index (χ4n) is 9.85. The van der Waals surface area contributed by atoms with Crippen molar-refractivity contribution in [1.82, 2.24) is 29.9 Å². The maximum atomic E-state index is 15.5. The monoisotopic (exact) mass is 1090 g/mol. The number of hydrogen-bond donors (Lipinski definition) is 2. The molecule has 75 heavy (non-hydrogen) atoms. The van der Waals surface area contributed by atoms with E-state index in [-0.39, 0.29) is 33.0 Å². The fourth-order valence-corrected chi connectivity index (χ4v) is 10.2. The summed E-state index contributed by atoms with van der Waals surface area (Å²) in [7, 11) is 0. The lowest BCUT2D eigenvalue weighted by Gasteiger charge is -2.39. The van der Waals surface area contributed by atoms with Gasteiger partial charge in [-0.2, -0.15) is 0 Å². The average molecular weight is 1090 g/mol. The van der Waals surface area contributed by atoms with E-state index in [1.807, 2.05) is 82.4 Å². The number of benzene rings is 2. The molecule has 3 fully saturated rings. The number of fused-ring (bicyclic) bond motifs is 2. The number of aromatic nitrogens is 6. The third-order valence-electron chi connectivity index (χ3n) is 13.3. The zero-order valence-corrected chi connectivity index (χ0v) is 44.0. The van der Waals surface area contributed by atoms with Crippen molar-refractivity contribution in [2.45, 2.75) is 52.7 Å². The van der Waals surface area contributed by atoms with Crippen molar-refractivity contribution in [2.24, 2.45) is 0 Å². The molecular weight excluding hydrogens is 1030 g/mol. The van der Waals surface area contributed by atoms with Gasteiger partial charge in [-0.1, -0.05) is 12.1 Å². The van der Waals surface area contributed by atoms with Gasteiger partial charge in [0, 0.05) is 97.7 Å². The number of rotatable bonds is 9. The van der Waals surface area contributed by atoms with Gasteiger partial charge < -0.3 is 39.5 Å². The molecular formula is C56H56BrF4N11O3. The van der Waals surface area contributed by atoms with Gasteiger partial charge in [0.1, 0.15) is 23.3 Å². The molecule has 19 heteroatoms. The van der Waals surface area contributed by atoms with Crippen LogP contribution in [0.2, 0.25) is 0 Å². The summed E-state index contributed by atoms with van der Waals surface area (Å²) in [6.45, 7) is 18.4. The maximum Gasteiger partial charge on any atom is 0.152 e. The van der Waals surface area contributed by atoms with Crippen LogP contribution in [0, 0.1) is 37.1 Å². The normalized spacial score (nSPS) is 16.4. The zero-order chi connectivity index (χ0) is 52.6. The number of nitrogens with zero attached hydrogens (tertiary/aromatic N) is 9. The Kier molecular flexibility index (Phi) is 14.6. The first-order valence-electron chi connectivity index (χ1n) is 24.7. The molecule has 0 atom stereocenters. The minimum atomic E-state index is -0.692. The quantitative estimate of drug-likeness (QED) is 0.133. The van der Waals surface area contributed by atoms with E-state index in [2.05, 4.69) is 80.0 Å². The Morgan fingerprint density at radius 2 is 1.03 bits per heavy atom. The lowest BCUT2D eigenvalue weighted by Crippen LogP contribution is -2.48. The van der Waals surface area contributed by atoms with Crippen LogP contribution in [-0.4, -0.2) is 107 Å². The number of ether oxygens (including phenoxy) is 3.